The van der Waals surface area contributed by atoms with Crippen molar-refractivity contribution in [2.24, 2.45) is 0 Å². The molecule has 1 aliphatic rings. The molecule has 7 heteroatoms. The van der Waals surface area contributed by atoms with Crippen LogP contribution in [-0.4, -0.2) is 35.8 Å². The van der Waals surface area contributed by atoms with Crippen molar-refractivity contribution in [2.45, 2.75) is 18.9 Å². The van der Waals surface area contributed by atoms with Gasteiger partial charge in [-0.05, 0) is 31.0 Å². The van der Waals surface area contributed by atoms with E-state index in [1.807, 2.05) is 0 Å². The van der Waals surface area contributed by atoms with Crippen molar-refractivity contribution in [3.63, 3.8) is 0 Å². The molecule has 2 amide bonds. The molecule has 24 heavy (non-hydrogen) atoms. The van der Waals surface area contributed by atoms with Gasteiger partial charge < -0.3 is 20.4 Å². The third-order valence-corrected chi connectivity index (χ3v) is 4.09. The maximum absolute atomic E-state index is 12.3. The Balaban J connectivity index is 0.00000208. The molecule has 1 aromatic carbocycles. The van der Waals surface area contributed by atoms with Crippen molar-refractivity contribution < 1.29 is 14.0 Å². The SMILES string of the molecule is Cl.Nc1ccccc1C(=O)NC1CCN(C(=O)c2ccoc2)CC1. The molecule has 1 aliphatic heterocycles. The molecule has 2 aromatic rings. The number of benzene rings is 1. The average molecular weight is 350 g/mol. The Morgan fingerprint density at radius 3 is 2.50 bits per heavy atom. The Bertz CT molecular complexity index is 695. The van der Waals surface area contributed by atoms with Crippen LogP contribution < -0.4 is 11.1 Å². The van der Waals surface area contributed by atoms with E-state index < -0.39 is 0 Å². The van der Waals surface area contributed by atoms with Crippen LogP contribution in [0.1, 0.15) is 33.6 Å². The van der Waals surface area contributed by atoms with E-state index >= 15 is 0 Å². The minimum atomic E-state index is -0.164. The standard InChI is InChI=1S/C17H19N3O3.ClH/c18-15-4-2-1-3-14(15)16(21)19-13-5-8-20(9-6-13)17(22)12-7-10-23-11-12;/h1-4,7,10-11,13H,5-6,8-9,18H2,(H,19,21);1H. The van der Waals surface area contributed by atoms with Crippen LogP contribution in [0.5, 0.6) is 0 Å². The number of hydrogen-bond acceptors (Lipinski definition) is 4. The highest BCUT2D eigenvalue weighted by atomic mass is 35.5. The van der Waals surface area contributed by atoms with E-state index in [2.05, 4.69) is 5.32 Å². The molecule has 0 aliphatic carbocycles. The summed E-state index contributed by atoms with van der Waals surface area (Å²) in [6.45, 7) is 1.22. The number of furan rings is 1. The summed E-state index contributed by atoms with van der Waals surface area (Å²) in [5.74, 6) is -0.196. The number of rotatable bonds is 3. The number of carbonyl (C=O) groups excluding carboxylic acids is 2. The summed E-state index contributed by atoms with van der Waals surface area (Å²) in [6, 6.07) is 8.72. The maximum Gasteiger partial charge on any atom is 0.257 e. The lowest BCUT2D eigenvalue weighted by Crippen LogP contribution is -2.46. The van der Waals surface area contributed by atoms with Crippen molar-refractivity contribution in [2.75, 3.05) is 18.8 Å². The van der Waals surface area contributed by atoms with Gasteiger partial charge in [-0.25, -0.2) is 0 Å². The molecular formula is C17H20ClN3O3. The van der Waals surface area contributed by atoms with Crippen molar-refractivity contribution in [3.05, 3.63) is 54.0 Å². The fourth-order valence-corrected chi connectivity index (χ4v) is 2.76. The lowest BCUT2D eigenvalue weighted by molar-refractivity contribution is 0.0697. The summed E-state index contributed by atoms with van der Waals surface area (Å²) in [7, 11) is 0. The Labute approximate surface area is 146 Å². The molecule has 3 rings (SSSR count). The first kappa shape index (κ1) is 17.9. The van der Waals surface area contributed by atoms with Gasteiger partial charge in [0.2, 0.25) is 0 Å². The predicted octanol–water partition coefficient (Wildman–Crippen LogP) is 2.32. The molecule has 3 N–H and O–H groups in total. The number of hydrogen-bond donors (Lipinski definition) is 2. The molecule has 0 saturated carbocycles. The predicted molar refractivity (Wildman–Crippen MR) is 93.2 cm³/mol. The number of nitrogens with one attached hydrogen (secondary N) is 1. The van der Waals surface area contributed by atoms with Gasteiger partial charge in [-0.3, -0.25) is 9.59 Å². The number of nitrogens with zero attached hydrogens (tertiary/aromatic N) is 1. The highest BCUT2D eigenvalue weighted by molar-refractivity contribution is 5.99. The van der Waals surface area contributed by atoms with Crippen molar-refractivity contribution in [3.8, 4) is 0 Å². The monoisotopic (exact) mass is 349 g/mol. The first-order valence-electron chi connectivity index (χ1n) is 7.62. The summed E-state index contributed by atoms with van der Waals surface area (Å²) >= 11 is 0. The third kappa shape index (κ3) is 3.89. The van der Waals surface area contributed by atoms with E-state index in [0.717, 1.165) is 12.8 Å². The van der Waals surface area contributed by atoms with Crippen molar-refractivity contribution >= 4 is 29.9 Å². The van der Waals surface area contributed by atoms with E-state index in [4.69, 9.17) is 10.2 Å². The van der Waals surface area contributed by atoms with Gasteiger partial charge in [0.15, 0.2) is 0 Å². The fraction of sp³-hybridized carbons (Fsp3) is 0.294. The van der Waals surface area contributed by atoms with Crippen LogP contribution in [0.25, 0.3) is 0 Å². The molecule has 0 atom stereocenters. The summed E-state index contributed by atoms with van der Waals surface area (Å²) in [5, 5.41) is 2.99. The van der Waals surface area contributed by atoms with E-state index in [0.29, 0.717) is 29.9 Å². The quantitative estimate of drug-likeness (QED) is 0.832. The molecule has 1 saturated heterocycles. The van der Waals surface area contributed by atoms with Gasteiger partial charge in [-0.2, -0.15) is 0 Å². The van der Waals surface area contributed by atoms with E-state index in [-0.39, 0.29) is 30.3 Å². The number of nitrogen functional groups attached to an aromatic ring is 1. The summed E-state index contributed by atoms with van der Waals surface area (Å²) in [6.07, 6.45) is 4.39. The van der Waals surface area contributed by atoms with Gasteiger partial charge in [0.25, 0.3) is 11.8 Å². The molecule has 128 valence electrons. The molecule has 0 bridgehead atoms. The number of nitrogens with two attached hydrogens (primary N) is 1. The molecule has 0 unspecified atom stereocenters. The van der Waals surface area contributed by atoms with Crippen molar-refractivity contribution in [1.29, 1.82) is 0 Å². The van der Waals surface area contributed by atoms with Crippen LogP contribution >= 0.6 is 12.4 Å². The van der Waals surface area contributed by atoms with Crippen LogP contribution in [-0.2, 0) is 0 Å². The largest absolute Gasteiger partial charge is 0.472 e. The van der Waals surface area contributed by atoms with Gasteiger partial charge in [0.05, 0.1) is 17.4 Å². The van der Waals surface area contributed by atoms with Crippen LogP contribution in [0.3, 0.4) is 0 Å². The summed E-state index contributed by atoms with van der Waals surface area (Å²) in [4.78, 5) is 26.3. The molecule has 6 nitrogen and oxygen atoms in total. The highest BCUT2D eigenvalue weighted by Crippen LogP contribution is 2.16. The Morgan fingerprint density at radius 2 is 1.88 bits per heavy atom. The fourth-order valence-electron chi connectivity index (χ4n) is 2.76. The number of likely N-dealkylation sites (tertiary alicyclic amines) is 1. The van der Waals surface area contributed by atoms with Gasteiger partial charge >= 0.3 is 0 Å². The second kappa shape index (κ2) is 7.88. The van der Waals surface area contributed by atoms with Crippen LogP contribution in [0.2, 0.25) is 0 Å². The molecule has 1 aromatic heterocycles. The molecule has 2 heterocycles. The number of carbonyl (C=O) groups is 2. The summed E-state index contributed by atoms with van der Waals surface area (Å²) in [5.41, 5.74) is 7.34. The molecule has 0 radical (unpaired) electrons. The highest BCUT2D eigenvalue weighted by Gasteiger charge is 2.25. The molecule has 1 fully saturated rings. The lowest BCUT2D eigenvalue weighted by Gasteiger charge is -2.32. The minimum absolute atomic E-state index is 0. The van der Waals surface area contributed by atoms with Gasteiger partial charge in [-0.15, -0.1) is 12.4 Å². The number of para-hydroxylation sites is 1. The number of anilines is 1. The molecule has 0 spiro atoms. The normalized spacial score (nSPS) is 14.8. The Hall–Kier alpha value is -2.47. The number of halogens is 1. The van der Waals surface area contributed by atoms with Crippen LogP contribution in [0, 0.1) is 0 Å². The van der Waals surface area contributed by atoms with Crippen LogP contribution in [0.15, 0.2) is 47.3 Å². The van der Waals surface area contributed by atoms with E-state index in [1.54, 1.807) is 35.2 Å². The number of piperidine rings is 1. The molecular weight excluding hydrogens is 330 g/mol. The first-order chi connectivity index (χ1) is 11.1. The minimum Gasteiger partial charge on any atom is -0.472 e. The third-order valence-electron chi connectivity index (χ3n) is 4.09. The zero-order valence-corrected chi connectivity index (χ0v) is 13.9. The van der Waals surface area contributed by atoms with Gasteiger partial charge in [0.1, 0.15) is 6.26 Å². The lowest BCUT2D eigenvalue weighted by atomic mass is 10.0. The smallest absolute Gasteiger partial charge is 0.257 e. The van der Waals surface area contributed by atoms with Crippen molar-refractivity contribution in [1.82, 2.24) is 10.2 Å². The second-order valence-corrected chi connectivity index (χ2v) is 5.64. The van der Waals surface area contributed by atoms with Gasteiger partial charge in [-0.1, -0.05) is 12.1 Å². The Kier molecular flexibility index (Phi) is 5.87. The second-order valence-electron chi connectivity index (χ2n) is 5.64. The van der Waals surface area contributed by atoms with E-state index in [1.165, 1.54) is 12.5 Å². The topological polar surface area (TPSA) is 88.6 Å². The maximum atomic E-state index is 12.3. The van der Waals surface area contributed by atoms with Gasteiger partial charge in [0, 0.05) is 24.8 Å². The van der Waals surface area contributed by atoms with Crippen LogP contribution in [0.4, 0.5) is 5.69 Å². The average Bonchev–Trinajstić information content (AvgIpc) is 3.09. The Morgan fingerprint density at radius 1 is 1.17 bits per heavy atom. The number of amides is 2. The van der Waals surface area contributed by atoms with E-state index in [9.17, 15) is 9.59 Å². The summed E-state index contributed by atoms with van der Waals surface area (Å²) < 4.78 is 4.94. The first-order valence-corrected chi connectivity index (χ1v) is 7.62. The zero-order valence-electron chi connectivity index (χ0n) is 13.1. The zero-order chi connectivity index (χ0) is 16.2.